The van der Waals surface area contributed by atoms with Crippen LogP contribution in [0.4, 0.5) is 0 Å². The summed E-state index contributed by atoms with van der Waals surface area (Å²) in [4.78, 5) is 0.240. The number of aryl methyl sites for hydroxylation is 1. The number of rotatable bonds is 3. The highest BCUT2D eigenvalue weighted by molar-refractivity contribution is 9.10. The first-order valence-electron chi connectivity index (χ1n) is 10.8. The van der Waals surface area contributed by atoms with Crippen molar-refractivity contribution in [2.75, 3.05) is 0 Å². The summed E-state index contributed by atoms with van der Waals surface area (Å²) in [5.74, 6) is 0. The van der Waals surface area contributed by atoms with Crippen molar-refractivity contribution in [2.45, 2.75) is 50.7 Å². The number of halogens is 1. The van der Waals surface area contributed by atoms with E-state index in [0.29, 0.717) is 15.5 Å². The van der Waals surface area contributed by atoms with Gasteiger partial charge < -0.3 is 9.31 Å². The number of hydrogen-bond donors (Lipinski definition) is 0. The molecule has 0 aliphatic carbocycles. The third-order valence-corrected chi connectivity index (χ3v) is 9.17. The molecular weight excluding hydrogens is 501 g/mol. The summed E-state index contributed by atoms with van der Waals surface area (Å²) in [5.41, 5.74) is 2.00. The average Bonchev–Trinajstić information content (AvgIpc) is 3.19. The van der Waals surface area contributed by atoms with Crippen LogP contribution in [0.2, 0.25) is 0 Å². The van der Waals surface area contributed by atoms with Gasteiger partial charge in [-0.1, -0.05) is 42.0 Å². The van der Waals surface area contributed by atoms with Crippen molar-refractivity contribution in [1.82, 2.24) is 3.97 Å². The normalized spacial score (nSPS) is 17.8. The van der Waals surface area contributed by atoms with E-state index in [1.165, 1.54) is 3.97 Å². The number of hydrogen-bond acceptors (Lipinski definition) is 4. The van der Waals surface area contributed by atoms with E-state index >= 15 is 0 Å². The van der Waals surface area contributed by atoms with Crippen molar-refractivity contribution in [1.29, 1.82) is 0 Å². The van der Waals surface area contributed by atoms with Gasteiger partial charge in [0, 0.05) is 15.2 Å². The van der Waals surface area contributed by atoms with Crippen molar-refractivity contribution in [3.05, 3.63) is 70.7 Å². The summed E-state index contributed by atoms with van der Waals surface area (Å²) in [6.07, 6.45) is 0. The zero-order chi connectivity index (χ0) is 23.8. The van der Waals surface area contributed by atoms with Crippen molar-refractivity contribution >= 4 is 60.3 Å². The minimum atomic E-state index is -3.87. The second-order valence-electron chi connectivity index (χ2n) is 9.58. The highest BCUT2D eigenvalue weighted by atomic mass is 79.9. The van der Waals surface area contributed by atoms with Gasteiger partial charge in [-0.15, -0.1) is 0 Å². The molecule has 2 heterocycles. The van der Waals surface area contributed by atoms with E-state index in [-0.39, 0.29) is 4.90 Å². The Morgan fingerprint density at radius 1 is 0.879 bits per heavy atom. The lowest BCUT2D eigenvalue weighted by molar-refractivity contribution is 0.00578. The standard InChI is InChI=1S/C25H25BBrNO4S/c1-16-9-12-18(13-10-16)33(29,30)28-22-15-17(26-31-24(2,3)25(4,5)32-26)11-14-19(22)20-7-6-8-21(27)23(20)28/h6-15H,1-5H3. The third kappa shape index (κ3) is 3.46. The maximum Gasteiger partial charge on any atom is 0.494 e. The molecule has 33 heavy (non-hydrogen) atoms. The lowest BCUT2D eigenvalue weighted by Gasteiger charge is -2.32. The van der Waals surface area contributed by atoms with Crippen LogP contribution in [-0.4, -0.2) is 30.7 Å². The van der Waals surface area contributed by atoms with Crippen LogP contribution in [0.1, 0.15) is 33.3 Å². The van der Waals surface area contributed by atoms with Gasteiger partial charge in [-0.2, -0.15) is 0 Å². The van der Waals surface area contributed by atoms with E-state index in [1.807, 2.05) is 83.1 Å². The predicted octanol–water partition coefficient (Wildman–Crippen LogP) is 5.40. The molecule has 1 fully saturated rings. The summed E-state index contributed by atoms with van der Waals surface area (Å²) < 4.78 is 42.4. The van der Waals surface area contributed by atoms with E-state index in [4.69, 9.17) is 9.31 Å². The SMILES string of the molecule is Cc1ccc(S(=O)(=O)n2c3cc(B4OC(C)(C)C(C)(C)O4)ccc3c3cccc(Br)c32)cc1. The summed E-state index contributed by atoms with van der Waals surface area (Å²) >= 11 is 3.58. The van der Waals surface area contributed by atoms with Crippen LogP contribution < -0.4 is 5.46 Å². The van der Waals surface area contributed by atoms with E-state index in [0.717, 1.165) is 21.8 Å². The van der Waals surface area contributed by atoms with Gasteiger partial charge in [-0.25, -0.2) is 12.4 Å². The van der Waals surface area contributed by atoms with Crippen molar-refractivity contribution in [3.63, 3.8) is 0 Å². The third-order valence-electron chi connectivity index (χ3n) is 6.81. The second kappa shape index (κ2) is 7.44. The van der Waals surface area contributed by atoms with Crippen LogP contribution in [0.3, 0.4) is 0 Å². The van der Waals surface area contributed by atoms with Gasteiger partial charge in [0.1, 0.15) is 0 Å². The minimum Gasteiger partial charge on any atom is -0.399 e. The first-order valence-corrected chi connectivity index (χ1v) is 13.1. The molecule has 8 heteroatoms. The molecule has 0 atom stereocenters. The lowest BCUT2D eigenvalue weighted by Crippen LogP contribution is -2.41. The van der Waals surface area contributed by atoms with Crippen LogP contribution in [0.15, 0.2) is 70.0 Å². The Hall–Kier alpha value is -2.13. The Bertz CT molecular complexity index is 1490. The van der Waals surface area contributed by atoms with E-state index in [2.05, 4.69) is 15.9 Å². The fourth-order valence-corrected chi connectivity index (χ4v) is 6.39. The molecule has 4 aromatic rings. The Balaban J connectivity index is 1.78. The van der Waals surface area contributed by atoms with Crippen LogP contribution >= 0.6 is 15.9 Å². The highest BCUT2D eigenvalue weighted by Gasteiger charge is 2.51. The largest absolute Gasteiger partial charge is 0.494 e. The van der Waals surface area contributed by atoms with Crippen molar-refractivity contribution in [2.24, 2.45) is 0 Å². The van der Waals surface area contributed by atoms with Gasteiger partial charge >= 0.3 is 7.12 Å². The van der Waals surface area contributed by atoms with E-state index in [1.54, 1.807) is 12.1 Å². The maximum atomic E-state index is 13.9. The van der Waals surface area contributed by atoms with Crippen LogP contribution in [-0.2, 0) is 19.3 Å². The summed E-state index contributed by atoms with van der Waals surface area (Å²) in [6.45, 7) is 9.94. The molecule has 1 aliphatic rings. The molecule has 0 spiro atoms. The molecule has 0 bridgehead atoms. The zero-order valence-corrected chi connectivity index (χ0v) is 21.6. The number of aromatic nitrogens is 1. The molecule has 0 unspecified atom stereocenters. The predicted molar refractivity (Wildman–Crippen MR) is 137 cm³/mol. The Morgan fingerprint density at radius 2 is 1.52 bits per heavy atom. The van der Waals surface area contributed by atoms with Crippen molar-refractivity contribution < 1.29 is 17.7 Å². The molecule has 0 saturated carbocycles. The van der Waals surface area contributed by atoms with Gasteiger partial charge in [0.2, 0.25) is 0 Å². The fraction of sp³-hybridized carbons (Fsp3) is 0.280. The summed E-state index contributed by atoms with van der Waals surface area (Å²) in [7, 11) is -4.46. The fourth-order valence-electron chi connectivity index (χ4n) is 4.20. The smallest absolute Gasteiger partial charge is 0.399 e. The number of para-hydroxylation sites is 1. The van der Waals surface area contributed by atoms with Crippen LogP contribution in [0.5, 0.6) is 0 Å². The van der Waals surface area contributed by atoms with Gasteiger partial charge in [-0.3, -0.25) is 0 Å². The summed E-state index contributed by atoms with van der Waals surface area (Å²) in [6, 6.07) is 18.4. The Kier molecular flexibility index (Phi) is 5.11. The van der Waals surface area contributed by atoms with Gasteiger partial charge in [0.15, 0.2) is 0 Å². The molecule has 0 radical (unpaired) electrons. The summed E-state index contributed by atoms with van der Waals surface area (Å²) in [5, 5.41) is 1.71. The molecule has 1 saturated heterocycles. The molecular formula is C25H25BBrNO4S. The first kappa shape index (κ1) is 22.7. The quantitative estimate of drug-likeness (QED) is 0.336. The van der Waals surface area contributed by atoms with Crippen molar-refractivity contribution in [3.8, 4) is 0 Å². The molecule has 3 aromatic carbocycles. The highest BCUT2D eigenvalue weighted by Crippen LogP contribution is 2.39. The Morgan fingerprint density at radius 3 is 2.15 bits per heavy atom. The number of fused-ring (bicyclic) bond motifs is 3. The first-order chi connectivity index (χ1) is 15.4. The van der Waals surface area contributed by atoms with E-state index in [9.17, 15) is 8.42 Å². The second-order valence-corrected chi connectivity index (χ2v) is 12.2. The van der Waals surface area contributed by atoms with E-state index < -0.39 is 28.3 Å². The molecule has 0 amide bonds. The number of nitrogens with zero attached hydrogens (tertiary/aromatic N) is 1. The molecule has 5 rings (SSSR count). The molecule has 0 N–H and O–H groups in total. The minimum absolute atomic E-state index is 0.240. The Labute approximate surface area is 203 Å². The molecule has 1 aromatic heterocycles. The molecule has 170 valence electrons. The van der Waals surface area contributed by atoms with Crippen LogP contribution in [0, 0.1) is 6.92 Å². The van der Waals surface area contributed by atoms with Gasteiger partial charge in [0.05, 0.1) is 27.1 Å². The maximum absolute atomic E-state index is 13.9. The number of benzene rings is 3. The molecule has 5 nitrogen and oxygen atoms in total. The van der Waals surface area contributed by atoms with Gasteiger partial charge in [-0.05, 0) is 80.3 Å². The van der Waals surface area contributed by atoms with Crippen LogP contribution in [0.25, 0.3) is 21.8 Å². The monoisotopic (exact) mass is 525 g/mol. The lowest BCUT2D eigenvalue weighted by atomic mass is 9.79. The average molecular weight is 526 g/mol. The zero-order valence-electron chi connectivity index (χ0n) is 19.2. The molecule has 1 aliphatic heterocycles. The topological polar surface area (TPSA) is 57.5 Å². The van der Waals surface area contributed by atoms with Gasteiger partial charge in [0.25, 0.3) is 10.0 Å².